The molecule has 0 aliphatic rings. The van der Waals surface area contributed by atoms with E-state index in [1.165, 1.54) is 6.07 Å². The minimum atomic E-state index is -0.450. The van der Waals surface area contributed by atoms with Crippen LogP contribution in [0.15, 0.2) is 22.7 Å². The Hall–Kier alpha value is -0.850. The van der Waals surface area contributed by atoms with Crippen LogP contribution in [-0.2, 0) is 0 Å². The Bertz CT molecular complexity index is 420. The van der Waals surface area contributed by atoms with Gasteiger partial charge in [0.2, 0.25) is 0 Å². The van der Waals surface area contributed by atoms with E-state index in [0.29, 0.717) is 5.56 Å². The summed E-state index contributed by atoms with van der Waals surface area (Å²) in [6.07, 6.45) is 5.39. The molecule has 1 unspecified atom stereocenters. The van der Waals surface area contributed by atoms with Gasteiger partial charge in [0.05, 0.1) is 5.54 Å². The highest BCUT2D eigenvalue weighted by Gasteiger charge is 2.19. The zero-order valence-corrected chi connectivity index (χ0v) is 11.2. The number of halogens is 2. The van der Waals surface area contributed by atoms with E-state index in [1.807, 2.05) is 20.8 Å². The van der Waals surface area contributed by atoms with E-state index < -0.39 is 5.54 Å². The van der Waals surface area contributed by atoms with Crippen molar-refractivity contribution in [3.63, 3.8) is 0 Å². The predicted octanol–water partition coefficient (Wildman–Crippen LogP) is 3.65. The molecular weight excluding hydrogens is 269 g/mol. The summed E-state index contributed by atoms with van der Waals surface area (Å²) in [4.78, 5) is 0. The molecule has 1 rings (SSSR count). The average Bonchev–Trinajstić information content (AvgIpc) is 2.21. The van der Waals surface area contributed by atoms with Crippen molar-refractivity contribution in [1.82, 2.24) is 5.32 Å². The Morgan fingerprint density at radius 2 is 2.12 bits per heavy atom. The summed E-state index contributed by atoms with van der Waals surface area (Å²) in [5.74, 6) is 2.40. The van der Waals surface area contributed by atoms with Crippen LogP contribution >= 0.6 is 15.9 Å². The molecule has 16 heavy (non-hydrogen) atoms. The molecule has 0 spiro atoms. The fourth-order valence-electron chi connectivity index (χ4n) is 1.51. The smallest absolute Gasteiger partial charge is 0.128 e. The Labute approximate surface area is 105 Å². The molecule has 0 saturated carbocycles. The molecular formula is C13H15BrFN. The molecule has 1 nitrogen and oxygen atoms in total. The molecule has 1 aromatic carbocycles. The van der Waals surface area contributed by atoms with E-state index in [2.05, 4.69) is 27.2 Å². The van der Waals surface area contributed by atoms with Crippen LogP contribution in [0.2, 0.25) is 0 Å². The van der Waals surface area contributed by atoms with E-state index in [1.54, 1.807) is 12.1 Å². The Morgan fingerprint density at radius 1 is 1.50 bits per heavy atom. The van der Waals surface area contributed by atoms with E-state index in [4.69, 9.17) is 6.42 Å². The van der Waals surface area contributed by atoms with E-state index in [9.17, 15) is 4.39 Å². The zero-order chi connectivity index (χ0) is 12.3. The Balaban J connectivity index is 2.93. The van der Waals surface area contributed by atoms with Crippen LogP contribution in [0.25, 0.3) is 0 Å². The van der Waals surface area contributed by atoms with Crippen LogP contribution in [0.1, 0.15) is 32.4 Å². The van der Waals surface area contributed by atoms with Gasteiger partial charge in [-0.1, -0.05) is 21.9 Å². The quantitative estimate of drug-likeness (QED) is 0.835. The van der Waals surface area contributed by atoms with Gasteiger partial charge in [0.1, 0.15) is 5.82 Å². The Kier molecular flexibility index (Phi) is 4.12. The van der Waals surface area contributed by atoms with Crippen molar-refractivity contribution >= 4 is 15.9 Å². The first-order valence-electron chi connectivity index (χ1n) is 5.06. The summed E-state index contributed by atoms with van der Waals surface area (Å²) in [5, 5.41) is 3.19. The molecule has 1 N–H and O–H groups in total. The molecule has 0 aliphatic carbocycles. The number of hydrogen-bond donors (Lipinski definition) is 1. The van der Waals surface area contributed by atoms with Gasteiger partial charge in [-0.2, -0.15) is 0 Å². The van der Waals surface area contributed by atoms with Gasteiger partial charge >= 0.3 is 0 Å². The maximum Gasteiger partial charge on any atom is 0.128 e. The van der Waals surface area contributed by atoms with Crippen LogP contribution in [0.3, 0.4) is 0 Å². The molecule has 3 heteroatoms. The summed E-state index contributed by atoms with van der Waals surface area (Å²) in [6.45, 7) is 5.67. The second-order valence-corrected chi connectivity index (χ2v) is 5.22. The van der Waals surface area contributed by atoms with Crippen LogP contribution in [-0.4, -0.2) is 5.54 Å². The molecule has 0 radical (unpaired) electrons. The number of rotatable bonds is 3. The van der Waals surface area contributed by atoms with Gasteiger partial charge in [0.25, 0.3) is 0 Å². The topological polar surface area (TPSA) is 12.0 Å². The van der Waals surface area contributed by atoms with Gasteiger partial charge in [-0.15, -0.1) is 6.42 Å². The third kappa shape index (κ3) is 3.33. The summed E-state index contributed by atoms with van der Waals surface area (Å²) in [5.41, 5.74) is 0.159. The van der Waals surface area contributed by atoms with E-state index in [-0.39, 0.29) is 11.9 Å². The standard InChI is InChI=1S/C13H15BrFN/c1-5-13(3,4)16-9(2)11-8-10(14)6-7-12(11)15/h1,6-9,16H,2-4H3. The largest absolute Gasteiger partial charge is 0.295 e. The zero-order valence-electron chi connectivity index (χ0n) is 9.64. The van der Waals surface area contributed by atoms with Gasteiger partial charge in [0.15, 0.2) is 0 Å². The summed E-state index contributed by atoms with van der Waals surface area (Å²) in [7, 11) is 0. The van der Waals surface area contributed by atoms with Crippen molar-refractivity contribution in [2.24, 2.45) is 0 Å². The van der Waals surface area contributed by atoms with Crippen molar-refractivity contribution in [3.05, 3.63) is 34.1 Å². The van der Waals surface area contributed by atoms with Crippen LogP contribution in [0.5, 0.6) is 0 Å². The first-order chi connectivity index (χ1) is 7.35. The van der Waals surface area contributed by atoms with Crippen LogP contribution < -0.4 is 5.32 Å². The first-order valence-corrected chi connectivity index (χ1v) is 5.85. The van der Waals surface area contributed by atoms with Crippen LogP contribution in [0.4, 0.5) is 4.39 Å². The average molecular weight is 284 g/mol. The number of terminal acetylenes is 1. The maximum absolute atomic E-state index is 13.6. The molecule has 0 fully saturated rings. The second kappa shape index (κ2) is 4.99. The van der Waals surface area contributed by atoms with Crippen molar-refractivity contribution in [2.45, 2.75) is 32.4 Å². The van der Waals surface area contributed by atoms with Gasteiger partial charge < -0.3 is 0 Å². The normalized spacial score (nSPS) is 13.2. The SMILES string of the molecule is C#CC(C)(C)NC(C)c1cc(Br)ccc1F. The highest BCUT2D eigenvalue weighted by atomic mass is 79.9. The molecule has 0 aromatic heterocycles. The predicted molar refractivity (Wildman–Crippen MR) is 68.6 cm³/mol. The fraction of sp³-hybridized carbons (Fsp3) is 0.385. The fourth-order valence-corrected chi connectivity index (χ4v) is 1.89. The molecule has 0 saturated heterocycles. The minimum absolute atomic E-state index is 0.136. The lowest BCUT2D eigenvalue weighted by Crippen LogP contribution is -2.39. The summed E-state index contributed by atoms with van der Waals surface area (Å²) < 4.78 is 14.4. The van der Waals surface area contributed by atoms with Gasteiger partial charge in [-0.3, -0.25) is 5.32 Å². The molecule has 0 heterocycles. The molecule has 0 amide bonds. The van der Waals surface area contributed by atoms with E-state index >= 15 is 0 Å². The van der Waals surface area contributed by atoms with Gasteiger partial charge in [-0.25, -0.2) is 4.39 Å². The lowest BCUT2D eigenvalue weighted by atomic mass is 10.0. The van der Waals surface area contributed by atoms with E-state index in [0.717, 1.165) is 4.47 Å². The number of nitrogens with one attached hydrogen (secondary N) is 1. The third-order valence-corrected chi connectivity index (χ3v) is 2.86. The molecule has 0 aliphatic heterocycles. The second-order valence-electron chi connectivity index (χ2n) is 4.30. The first kappa shape index (κ1) is 13.2. The Morgan fingerprint density at radius 3 is 2.69 bits per heavy atom. The van der Waals surface area contributed by atoms with Crippen molar-refractivity contribution in [1.29, 1.82) is 0 Å². The van der Waals surface area contributed by atoms with Crippen molar-refractivity contribution in [3.8, 4) is 12.3 Å². The highest BCUT2D eigenvalue weighted by molar-refractivity contribution is 9.10. The van der Waals surface area contributed by atoms with Gasteiger partial charge in [0, 0.05) is 16.1 Å². The third-order valence-electron chi connectivity index (χ3n) is 2.36. The summed E-state index contributed by atoms with van der Waals surface area (Å²) in [6, 6.07) is 4.75. The molecule has 0 bridgehead atoms. The highest BCUT2D eigenvalue weighted by Crippen LogP contribution is 2.23. The van der Waals surface area contributed by atoms with Crippen molar-refractivity contribution in [2.75, 3.05) is 0 Å². The minimum Gasteiger partial charge on any atom is -0.295 e. The molecule has 86 valence electrons. The number of hydrogen-bond acceptors (Lipinski definition) is 1. The number of benzene rings is 1. The maximum atomic E-state index is 13.6. The monoisotopic (exact) mass is 283 g/mol. The van der Waals surface area contributed by atoms with Crippen molar-refractivity contribution < 1.29 is 4.39 Å². The molecule has 1 aromatic rings. The van der Waals surface area contributed by atoms with Gasteiger partial charge in [-0.05, 0) is 39.0 Å². The lowest BCUT2D eigenvalue weighted by Gasteiger charge is -2.25. The summed E-state index contributed by atoms with van der Waals surface area (Å²) >= 11 is 3.33. The lowest BCUT2D eigenvalue weighted by molar-refractivity contribution is 0.420. The molecule has 1 atom stereocenters. The van der Waals surface area contributed by atoms with Crippen LogP contribution in [0, 0.1) is 18.2 Å².